The van der Waals surface area contributed by atoms with Crippen molar-refractivity contribution in [2.75, 3.05) is 44.7 Å². The Morgan fingerprint density at radius 1 is 1.21 bits per heavy atom. The summed E-state index contributed by atoms with van der Waals surface area (Å²) in [5.41, 5.74) is -0.359. The number of fused-ring (bicyclic) bond motifs is 3. The topological polar surface area (TPSA) is 151 Å². The molecule has 3 aromatic heterocycles. The fourth-order valence-electron chi connectivity index (χ4n) is 4.55. The molecule has 16 heteroatoms. The molecule has 12 nitrogen and oxygen atoms in total. The highest BCUT2D eigenvalue weighted by Crippen LogP contribution is 2.39. The van der Waals surface area contributed by atoms with Crippen molar-refractivity contribution in [2.24, 2.45) is 0 Å². The summed E-state index contributed by atoms with van der Waals surface area (Å²) in [4.78, 5) is 11.0. The van der Waals surface area contributed by atoms with E-state index in [0.717, 1.165) is 19.6 Å². The smallest absolute Gasteiger partial charge is 0.291 e. The molecule has 2 aliphatic rings. The van der Waals surface area contributed by atoms with E-state index in [1.807, 2.05) is 6.07 Å². The average molecular weight is 576 g/mol. The monoisotopic (exact) mass is 575 g/mol. The van der Waals surface area contributed by atoms with E-state index >= 15 is 0 Å². The minimum absolute atomic E-state index is 0.0750. The molecule has 1 aliphatic heterocycles. The number of ether oxygens (including phenoxy) is 1. The molecule has 0 bridgehead atoms. The van der Waals surface area contributed by atoms with Gasteiger partial charge in [-0.05, 0) is 25.0 Å². The molecule has 1 aromatic carbocycles. The van der Waals surface area contributed by atoms with Crippen molar-refractivity contribution < 1.29 is 21.9 Å². The van der Waals surface area contributed by atoms with Crippen LogP contribution in [0.25, 0.3) is 27.1 Å². The standard InChI is InChI=1S/C23H23F2N9O3S2/c24-18(25)21-30-31-22(38-21)34-16-11-14(39(35,36)32-23(12-26)3-4-23)1-2-15(16)17-19(28-13-29-20(17)34)27-5-6-33-7-9-37-10-8-33/h1-2,11,13,18,32H,3-10H2,(H,27,28,29). The van der Waals surface area contributed by atoms with Gasteiger partial charge in [0.2, 0.25) is 15.2 Å². The van der Waals surface area contributed by atoms with Crippen molar-refractivity contribution in [1.82, 2.24) is 34.4 Å². The molecule has 1 saturated heterocycles. The van der Waals surface area contributed by atoms with E-state index in [1.54, 1.807) is 6.07 Å². The Labute approximate surface area is 225 Å². The molecule has 0 amide bonds. The Hall–Kier alpha value is -3.36. The second-order valence-electron chi connectivity index (χ2n) is 9.34. The number of halogens is 2. The Morgan fingerprint density at radius 3 is 2.69 bits per heavy atom. The summed E-state index contributed by atoms with van der Waals surface area (Å²) in [6, 6.07) is 6.51. The van der Waals surface area contributed by atoms with E-state index in [0.29, 0.717) is 71.7 Å². The van der Waals surface area contributed by atoms with Gasteiger partial charge in [-0.25, -0.2) is 27.2 Å². The Kier molecular flexibility index (Phi) is 6.63. The number of sulfonamides is 1. The highest BCUT2D eigenvalue weighted by Gasteiger charge is 2.46. The lowest BCUT2D eigenvalue weighted by Crippen LogP contribution is -2.39. The number of rotatable bonds is 9. The van der Waals surface area contributed by atoms with E-state index in [9.17, 15) is 22.5 Å². The van der Waals surface area contributed by atoms with Crippen molar-refractivity contribution in [1.29, 1.82) is 5.26 Å². The fraction of sp³-hybridized carbons (Fsp3) is 0.435. The van der Waals surface area contributed by atoms with Crippen molar-refractivity contribution in [3.63, 3.8) is 0 Å². The Bertz CT molecular complexity index is 1690. The predicted octanol–water partition coefficient (Wildman–Crippen LogP) is 2.44. The molecule has 2 N–H and O–H groups in total. The van der Waals surface area contributed by atoms with E-state index < -0.39 is 27.0 Å². The number of alkyl halides is 2. The molecular formula is C23H23F2N9O3S2. The zero-order chi connectivity index (χ0) is 27.2. The van der Waals surface area contributed by atoms with Crippen molar-refractivity contribution in [3.8, 4) is 11.2 Å². The number of morpholine rings is 1. The second-order valence-corrected chi connectivity index (χ2v) is 12.0. The summed E-state index contributed by atoms with van der Waals surface area (Å²) in [7, 11) is -4.05. The van der Waals surface area contributed by atoms with Crippen LogP contribution in [0.15, 0.2) is 29.4 Å². The average Bonchev–Trinajstić information content (AvgIpc) is 3.37. The highest BCUT2D eigenvalue weighted by molar-refractivity contribution is 7.89. The lowest BCUT2D eigenvalue weighted by molar-refractivity contribution is 0.0398. The van der Waals surface area contributed by atoms with Crippen molar-refractivity contribution >= 4 is 49.1 Å². The third-order valence-electron chi connectivity index (χ3n) is 6.75. The Balaban J connectivity index is 1.45. The molecule has 0 atom stereocenters. The van der Waals surface area contributed by atoms with E-state index in [-0.39, 0.29) is 10.0 Å². The first-order chi connectivity index (χ1) is 18.8. The van der Waals surface area contributed by atoms with Crippen molar-refractivity contribution in [2.45, 2.75) is 29.7 Å². The van der Waals surface area contributed by atoms with Gasteiger partial charge in [0.05, 0.1) is 35.1 Å². The number of nitrogens with zero attached hydrogens (tertiary/aromatic N) is 7. The number of nitriles is 1. The molecule has 0 spiro atoms. The number of hydrogen-bond acceptors (Lipinski definition) is 11. The van der Waals surface area contributed by atoms with E-state index in [1.165, 1.54) is 23.0 Å². The molecule has 2 fully saturated rings. The minimum Gasteiger partial charge on any atom is -0.379 e. The summed E-state index contributed by atoms with van der Waals surface area (Å²) in [5.74, 6) is 0.519. The quantitative estimate of drug-likeness (QED) is 0.305. The molecule has 39 heavy (non-hydrogen) atoms. The molecule has 1 saturated carbocycles. The molecule has 4 aromatic rings. The maximum Gasteiger partial charge on any atom is 0.291 e. The number of benzene rings is 1. The van der Waals surface area contributed by atoms with Gasteiger partial charge < -0.3 is 10.1 Å². The van der Waals surface area contributed by atoms with Crippen LogP contribution >= 0.6 is 11.3 Å². The maximum absolute atomic E-state index is 13.4. The fourth-order valence-corrected chi connectivity index (χ4v) is 6.66. The first-order valence-electron chi connectivity index (χ1n) is 12.2. The van der Waals surface area contributed by atoms with Gasteiger partial charge in [-0.15, -0.1) is 10.2 Å². The summed E-state index contributed by atoms with van der Waals surface area (Å²) in [6.07, 6.45) is -0.590. The van der Waals surface area contributed by atoms with Crippen molar-refractivity contribution in [3.05, 3.63) is 29.5 Å². The van der Waals surface area contributed by atoms with Gasteiger partial charge in [0, 0.05) is 31.6 Å². The summed E-state index contributed by atoms with van der Waals surface area (Å²) in [5, 5.41) is 21.1. The largest absolute Gasteiger partial charge is 0.379 e. The van der Waals surface area contributed by atoms with Crippen LogP contribution in [0.2, 0.25) is 0 Å². The summed E-state index contributed by atoms with van der Waals surface area (Å²) in [6.45, 7) is 4.38. The normalized spacial score (nSPS) is 17.6. The Morgan fingerprint density at radius 2 is 2.00 bits per heavy atom. The lowest BCUT2D eigenvalue weighted by Gasteiger charge is -2.26. The molecular weight excluding hydrogens is 552 g/mol. The van der Waals surface area contributed by atoms with Crippen LogP contribution in [0.3, 0.4) is 0 Å². The van der Waals surface area contributed by atoms with Crippen LogP contribution < -0.4 is 10.0 Å². The van der Waals surface area contributed by atoms with Crippen LogP contribution in [-0.2, 0) is 14.8 Å². The SMILES string of the molecule is N#CC1(NS(=O)(=O)c2ccc3c4c(NCCN5CCOCC5)ncnc4n(-c4nnc(C(F)F)s4)c3c2)CC1. The van der Waals surface area contributed by atoms with Gasteiger partial charge in [-0.2, -0.15) is 9.98 Å². The maximum atomic E-state index is 13.4. The van der Waals surface area contributed by atoms with Gasteiger partial charge in [0.1, 0.15) is 17.7 Å². The van der Waals surface area contributed by atoms with Crippen LogP contribution in [0.5, 0.6) is 0 Å². The third-order valence-corrected chi connectivity index (χ3v) is 9.20. The van der Waals surface area contributed by atoms with E-state index in [4.69, 9.17) is 4.74 Å². The molecule has 204 valence electrons. The molecule has 0 unspecified atom stereocenters. The zero-order valence-corrected chi connectivity index (χ0v) is 22.1. The van der Waals surface area contributed by atoms with Crippen LogP contribution in [0.1, 0.15) is 24.3 Å². The molecule has 4 heterocycles. The predicted molar refractivity (Wildman–Crippen MR) is 138 cm³/mol. The first-order valence-corrected chi connectivity index (χ1v) is 14.5. The minimum atomic E-state index is -4.05. The second kappa shape index (κ2) is 9.99. The molecule has 1 aliphatic carbocycles. The van der Waals surface area contributed by atoms with E-state index in [2.05, 4.69) is 35.1 Å². The number of aromatic nitrogens is 5. The highest BCUT2D eigenvalue weighted by atomic mass is 32.2. The zero-order valence-electron chi connectivity index (χ0n) is 20.5. The third kappa shape index (κ3) is 4.92. The number of anilines is 1. The molecule has 0 radical (unpaired) electrons. The lowest BCUT2D eigenvalue weighted by atomic mass is 10.2. The summed E-state index contributed by atoms with van der Waals surface area (Å²) >= 11 is 0.691. The van der Waals surface area contributed by atoms with Gasteiger partial charge in [-0.1, -0.05) is 17.4 Å². The first kappa shape index (κ1) is 25.9. The molecule has 6 rings (SSSR count). The van der Waals surface area contributed by atoms with Gasteiger partial charge >= 0.3 is 0 Å². The van der Waals surface area contributed by atoms with Gasteiger partial charge in [-0.3, -0.25) is 9.47 Å². The summed E-state index contributed by atoms with van der Waals surface area (Å²) < 4.78 is 62.4. The number of hydrogen-bond donors (Lipinski definition) is 2. The van der Waals surface area contributed by atoms with Gasteiger partial charge in [0.25, 0.3) is 6.43 Å². The van der Waals surface area contributed by atoms with Crippen LogP contribution in [-0.4, -0.2) is 83.0 Å². The van der Waals surface area contributed by atoms with Crippen LogP contribution in [0, 0.1) is 11.3 Å². The van der Waals surface area contributed by atoms with Gasteiger partial charge in [0.15, 0.2) is 10.7 Å². The van der Waals surface area contributed by atoms with Crippen LogP contribution in [0.4, 0.5) is 14.6 Å². The number of nitrogens with one attached hydrogen (secondary N) is 2.